The summed E-state index contributed by atoms with van der Waals surface area (Å²) in [5.41, 5.74) is 0.819. The molecule has 0 saturated heterocycles. The Morgan fingerprint density at radius 2 is 2.33 bits per heavy atom. The molecule has 1 heterocycles. The molecule has 15 heavy (non-hydrogen) atoms. The van der Waals surface area contributed by atoms with Crippen LogP contribution in [0.25, 0.3) is 0 Å². The van der Waals surface area contributed by atoms with E-state index in [0.717, 1.165) is 24.0 Å². The van der Waals surface area contributed by atoms with Crippen LogP contribution in [0.1, 0.15) is 18.5 Å². The summed E-state index contributed by atoms with van der Waals surface area (Å²) in [4.78, 5) is 8.08. The van der Waals surface area contributed by atoms with Crippen LogP contribution in [0.5, 0.6) is 0 Å². The van der Waals surface area contributed by atoms with E-state index in [1.54, 1.807) is 7.05 Å². The molecule has 0 unspecified atom stereocenters. The highest BCUT2D eigenvalue weighted by molar-refractivity contribution is 6.28. The van der Waals surface area contributed by atoms with Gasteiger partial charge in [-0.3, -0.25) is 0 Å². The molecule has 0 bridgehead atoms. The molecule has 82 valence electrons. The van der Waals surface area contributed by atoms with E-state index in [0.29, 0.717) is 6.61 Å². The van der Waals surface area contributed by atoms with Crippen LogP contribution in [0.3, 0.4) is 0 Å². The van der Waals surface area contributed by atoms with Crippen molar-refractivity contribution in [3.63, 3.8) is 0 Å². The zero-order valence-corrected chi connectivity index (χ0v) is 9.42. The van der Waals surface area contributed by atoms with E-state index in [2.05, 4.69) is 15.3 Å². The molecule has 2 rings (SSSR count). The van der Waals surface area contributed by atoms with Crippen LogP contribution in [0.4, 0.5) is 5.82 Å². The van der Waals surface area contributed by atoms with Crippen molar-refractivity contribution in [2.45, 2.75) is 19.4 Å². The molecular formula is C10H14ClN3O. The van der Waals surface area contributed by atoms with Gasteiger partial charge in [0.05, 0.1) is 12.3 Å². The average Bonchev–Trinajstić information content (AvgIpc) is 3.01. The van der Waals surface area contributed by atoms with Crippen LogP contribution in [0.2, 0.25) is 5.28 Å². The first-order valence-electron chi connectivity index (χ1n) is 5.07. The minimum atomic E-state index is 0.256. The van der Waals surface area contributed by atoms with Crippen LogP contribution >= 0.6 is 11.6 Å². The van der Waals surface area contributed by atoms with Crippen molar-refractivity contribution < 1.29 is 4.74 Å². The summed E-state index contributed by atoms with van der Waals surface area (Å²) < 4.78 is 5.52. The lowest BCUT2D eigenvalue weighted by molar-refractivity contribution is 0.109. The lowest BCUT2D eigenvalue weighted by Crippen LogP contribution is -2.02. The predicted molar refractivity (Wildman–Crippen MR) is 59.0 cm³/mol. The Balaban J connectivity index is 1.90. The molecule has 4 nitrogen and oxygen atoms in total. The van der Waals surface area contributed by atoms with Gasteiger partial charge in [0, 0.05) is 19.7 Å². The number of nitrogens with one attached hydrogen (secondary N) is 1. The third-order valence-corrected chi connectivity index (χ3v) is 2.48. The average molecular weight is 228 g/mol. The van der Waals surface area contributed by atoms with E-state index < -0.39 is 0 Å². The first kappa shape index (κ1) is 10.6. The summed E-state index contributed by atoms with van der Waals surface area (Å²) in [6, 6.07) is 1.85. The number of halogens is 1. The molecular weight excluding hydrogens is 214 g/mol. The van der Waals surface area contributed by atoms with Gasteiger partial charge in [0.15, 0.2) is 0 Å². The number of anilines is 1. The zero-order chi connectivity index (χ0) is 10.7. The fourth-order valence-electron chi connectivity index (χ4n) is 1.28. The largest absolute Gasteiger partial charge is 0.375 e. The van der Waals surface area contributed by atoms with Gasteiger partial charge in [-0.05, 0) is 30.4 Å². The Hall–Kier alpha value is -0.870. The Bertz CT molecular complexity index is 341. The molecule has 1 saturated carbocycles. The summed E-state index contributed by atoms with van der Waals surface area (Å²) in [6.07, 6.45) is 2.60. The molecule has 0 radical (unpaired) electrons. The van der Waals surface area contributed by atoms with Crippen molar-refractivity contribution in [1.29, 1.82) is 0 Å². The highest BCUT2D eigenvalue weighted by Gasteiger charge is 2.21. The maximum atomic E-state index is 5.76. The molecule has 0 amide bonds. The Morgan fingerprint density at radius 1 is 1.53 bits per heavy atom. The fraction of sp³-hybridized carbons (Fsp3) is 0.600. The van der Waals surface area contributed by atoms with Gasteiger partial charge in [-0.1, -0.05) is 0 Å². The van der Waals surface area contributed by atoms with Crippen LogP contribution in [0.15, 0.2) is 6.07 Å². The second kappa shape index (κ2) is 4.77. The number of aromatic nitrogens is 2. The van der Waals surface area contributed by atoms with Crippen molar-refractivity contribution in [3.05, 3.63) is 17.0 Å². The quantitative estimate of drug-likeness (QED) is 0.783. The van der Waals surface area contributed by atoms with E-state index in [1.165, 1.54) is 12.8 Å². The Labute approximate surface area is 94.0 Å². The summed E-state index contributed by atoms with van der Waals surface area (Å²) >= 11 is 5.76. The summed E-state index contributed by atoms with van der Waals surface area (Å²) in [5.74, 6) is 1.49. The van der Waals surface area contributed by atoms with Crippen molar-refractivity contribution in [2.75, 3.05) is 19.0 Å². The molecule has 1 aromatic heterocycles. The van der Waals surface area contributed by atoms with Gasteiger partial charge in [0.2, 0.25) is 5.28 Å². The van der Waals surface area contributed by atoms with Crippen molar-refractivity contribution in [1.82, 2.24) is 9.97 Å². The molecule has 1 fully saturated rings. The summed E-state index contributed by atoms with van der Waals surface area (Å²) in [7, 11) is 1.80. The first-order valence-corrected chi connectivity index (χ1v) is 5.44. The van der Waals surface area contributed by atoms with Crippen LogP contribution in [0, 0.1) is 5.92 Å². The highest BCUT2D eigenvalue weighted by atomic mass is 35.5. The molecule has 1 N–H and O–H groups in total. The normalized spacial score (nSPS) is 15.3. The van der Waals surface area contributed by atoms with E-state index in [-0.39, 0.29) is 5.28 Å². The first-order chi connectivity index (χ1) is 7.28. The van der Waals surface area contributed by atoms with Gasteiger partial charge in [0.1, 0.15) is 5.82 Å². The number of ether oxygens (including phenoxy) is 1. The van der Waals surface area contributed by atoms with Gasteiger partial charge >= 0.3 is 0 Å². The zero-order valence-electron chi connectivity index (χ0n) is 8.66. The molecule has 1 aliphatic rings. The maximum absolute atomic E-state index is 5.76. The van der Waals surface area contributed by atoms with Crippen molar-refractivity contribution >= 4 is 17.4 Å². The summed E-state index contributed by atoms with van der Waals surface area (Å²) in [6.45, 7) is 1.34. The molecule has 0 atom stereocenters. The van der Waals surface area contributed by atoms with E-state index in [9.17, 15) is 0 Å². The third kappa shape index (κ3) is 3.32. The van der Waals surface area contributed by atoms with Crippen LogP contribution in [-0.4, -0.2) is 23.6 Å². The maximum Gasteiger partial charge on any atom is 0.224 e. The van der Waals surface area contributed by atoms with E-state index >= 15 is 0 Å². The Morgan fingerprint density at radius 3 is 3.00 bits per heavy atom. The topological polar surface area (TPSA) is 47.0 Å². The smallest absolute Gasteiger partial charge is 0.224 e. The lowest BCUT2D eigenvalue weighted by atomic mass is 10.4. The van der Waals surface area contributed by atoms with E-state index in [4.69, 9.17) is 16.3 Å². The molecule has 0 spiro atoms. The van der Waals surface area contributed by atoms with Gasteiger partial charge < -0.3 is 10.1 Å². The minimum Gasteiger partial charge on any atom is -0.375 e. The summed E-state index contributed by atoms with van der Waals surface area (Å²) in [5, 5.41) is 3.18. The monoisotopic (exact) mass is 227 g/mol. The SMILES string of the molecule is CNc1cc(COCC2CC2)nc(Cl)n1. The third-order valence-electron chi connectivity index (χ3n) is 2.31. The molecule has 5 heteroatoms. The number of hydrogen-bond donors (Lipinski definition) is 1. The number of rotatable bonds is 5. The highest BCUT2D eigenvalue weighted by Crippen LogP contribution is 2.29. The van der Waals surface area contributed by atoms with Gasteiger partial charge in [0.25, 0.3) is 0 Å². The van der Waals surface area contributed by atoms with Crippen molar-refractivity contribution in [3.8, 4) is 0 Å². The Kier molecular flexibility index (Phi) is 3.38. The fourth-order valence-corrected chi connectivity index (χ4v) is 1.48. The lowest BCUT2D eigenvalue weighted by Gasteiger charge is -2.05. The minimum absolute atomic E-state index is 0.256. The van der Waals surface area contributed by atoms with Gasteiger partial charge in [-0.2, -0.15) is 0 Å². The van der Waals surface area contributed by atoms with Crippen LogP contribution < -0.4 is 5.32 Å². The molecule has 0 aromatic carbocycles. The predicted octanol–water partition coefficient (Wildman–Crippen LogP) is 2.10. The van der Waals surface area contributed by atoms with E-state index in [1.807, 2.05) is 6.07 Å². The second-order valence-corrected chi connectivity index (χ2v) is 4.06. The molecule has 1 aromatic rings. The number of nitrogens with zero attached hydrogens (tertiary/aromatic N) is 2. The van der Waals surface area contributed by atoms with Gasteiger partial charge in [-0.25, -0.2) is 9.97 Å². The molecule has 1 aliphatic carbocycles. The van der Waals surface area contributed by atoms with Crippen LogP contribution in [-0.2, 0) is 11.3 Å². The second-order valence-electron chi connectivity index (χ2n) is 3.72. The number of hydrogen-bond acceptors (Lipinski definition) is 4. The standard InChI is InChI=1S/C10H14ClN3O/c1-12-9-4-8(13-10(11)14-9)6-15-5-7-2-3-7/h4,7H,2-3,5-6H2,1H3,(H,12,13,14). The van der Waals surface area contributed by atoms with Crippen molar-refractivity contribution in [2.24, 2.45) is 5.92 Å². The van der Waals surface area contributed by atoms with Gasteiger partial charge in [-0.15, -0.1) is 0 Å². The molecule has 0 aliphatic heterocycles.